The third kappa shape index (κ3) is 2.11. The first kappa shape index (κ1) is 12.0. The molecule has 0 atom stereocenters. The van der Waals surface area contributed by atoms with Gasteiger partial charge in [0.1, 0.15) is 11.8 Å². The van der Waals surface area contributed by atoms with Crippen LogP contribution in [-0.4, -0.2) is 12.0 Å². The average molecular weight is 220 g/mol. The van der Waals surface area contributed by atoms with Gasteiger partial charge in [-0.15, -0.1) is 0 Å². The van der Waals surface area contributed by atoms with Crippen molar-refractivity contribution >= 4 is 5.69 Å². The molecule has 0 amide bonds. The molecule has 5 nitrogen and oxygen atoms in total. The maximum absolute atomic E-state index is 10.7. The first-order valence-corrected chi connectivity index (χ1v) is 4.90. The summed E-state index contributed by atoms with van der Waals surface area (Å²) in [4.78, 5) is 10.1. The van der Waals surface area contributed by atoms with E-state index < -0.39 is 4.92 Å². The minimum absolute atomic E-state index is 0.00144. The highest BCUT2D eigenvalue weighted by molar-refractivity contribution is 5.60. The lowest BCUT2D eigenvalue weighted by Gasteiger charge is -2.09. The monoisotopic (exact) mass is 220 g/mol. The first-order chi connectivity index (χ1) is 7.65. The van der Waals surface area contributed by atoms with Crippen LogP contribution in [0.15, 0.2) is 12.1 Å². The minimum Gasteiger partial charge on any atom is -0.495 e. The smallest absolute Gasteiger partial charge is 0.290 e. The summed E-state index contributed by atoms with van der Waals surface area (Å²) in [7, 11) is 1.42. The molecule has 0 saturated heterocycles. The van der Waals surface area contributed by atoms with Crippen molar-refractivity contribution in [2.75, 3.05) is 7.11 Å². The molecule has 0 N–H and O–H groups in total. The van der Waals surface area contributed by atoms with E-state index in [1.807, 2.05) is 13.0 Å². The third-order valence-electron chi connectivity index (χ3n) is 2.25. The summed E-state index contributed by atoms with van der Waals surface area (Å²) in [5, 5.41) is 19.7. The summed E-state index contributed by atoms with van der Waals surface area (Å²) in [5.74, 6) is 0.318. The largest absolute Gasteiger partial charge is 0.495 e. The topological polar surface area (TPSA) is 76.2 Å². The molecule has 84 valence electrons. The number of nitriles is 1. The molecule has 0 radical (unpaired) electrons. The van der Waals surface area contributed by atoms with E-state index in [9.17, 15) is 10.1 Å². The maximum Gasteiger partial charge on any atom is 0.290 e. The van der Waals surface area contributed by atoms with Gasteiger partial charge < -0.3 is 4.74 Å². The van der Waals surface area contributed by atoms with Crippen molar-refractivity contribution in [3.63, 3.8) is 0 Å². The van der Waals surface area contributed by atoms with E-state index >= 15 is 0 Å². The molecule has 0 saturated carbocycles. The van der Waals surface area contributed by atoms with Crippen LogP contribution in [0.5, 0.6) is 5.75 Å². The molecular formula is C11H12N2O3. The molecule has 0 unspecified atom stereocenters. The summed E-state index contributed by atoms with van der Waals surface area (Å²) in [6, 6.07) is 4.82. The number of benzene rings is 1. The second-order valence-corrected chi connectivity index (χ2v) is 3.27. The predicted octanol–water partition coefficient (Wildman–Crippen LogP) is 2.43. The van der Waals surface area contributed by atoms with Crippen molar-refractivity contribution in [3.05, 3.63) is 33.4 Å². The highest BCUT2D eigenvalue weighted by Gasteiger charge is 2.20. The van der Waals surface area contributed by atoms with Crippen LogP contribution in [0.3, 0.4) is 0 Å². The molecule has 0 bridgehead atoms. The zero-order chi connectivity index (χ0) is 12.1. The Morgan fingerprint density at radius 2 is 2.25 bits per heavy atom. The standard InChI is InChI=1S/C11H12N2O3/c1-3-4-8-5-6-10(13(14)15)9(7-12)11(8)16-2/h5-6H,3-4H2,1-2H3. The van der Waals surface area contributed by atoms with Gasteiger partial charge in [-0.2, -0.15) is 5.26 Å². The van der Waals surface area contributed by atoms with Gasteiger partial charge in [0, 0.05) is 6.07 Å². The number of rotatable bonds is 4. The number of nitrogens with zero attached hydrogens (tertiary/aromatic N) is 2. The number of methoxy groups -OCH3 is 1. The van der Waals surface area contributed by atoms with Gasteiger partial charge >= 0.3 is 0 Å². The first-order valence-electron chi connectivity index (χ1n) is 4.90. The van der Waals surface area contributed by atoms with Crippen molar-refractivity contribution in [2.24, 2.45) is 0 Å². The zero-order valence-corrected chi connectivity index (χ0v) is 9.19. The molecule has 0 aromatic heterocycles. The van der Waals surface area contributed by atoms with Gasteiger partial charge in [0.2, 0.25) is 0 Å². The van der Waals surface area contributed by atoms with Crippen LogP contribution < -0.4 is 4.74 Å². The highest BCUT2D eigenvalue weighted by atomic mass is 16.6. The Morgan fingerprint density at radius 3 is 2.69 bits per heavy atom. The number of aryl methyl sites for hydroxylation is 1. The van der Waals surface area contributed by atoms with Crippen molar-refractivity contribution < 1.29 is 9.66 Å². The average Bonchev–Trinajstić information content (AvgIpc) is 2.28. The number of ether oxygens (including phenoxy) is 1. The van der Waals surface area contributed by atoms with Crippen molar-refractivity contribution in [1.29, 1.82) is 5.26 Å². The minimum atomic E-state index is -0.573. The van der Waals surface area contributed by atoms with Crippen LogP contribution in [0.4, 0.5) is 5.69 Å². The number of nitro groups is 1. The maximum atomic E-state index is 10.7. The Hall–Kier alpha value is -2.09. The molecule has 1 aromatic rings. The molecule has 1 aromatic carbocycles. The molecule has 0 aliphatic heterocycles. The van der Waals surface area contributed by atoms with Gasteiger partial charge in [-0.25, -0.2) is 0 Å². The molecule has 0 fully saturated rings. The lowest BCUT2D eigenvalue weighted by atomic mass is 10.0. The van der Waals surface area contributed by atoms with Crippen LogP contribution in [-0.2, 0) is 6.42 Å². The van der Waals surface area contributed by atoms with Crippen LogP contribution in [0.2, 0.25) is 0 Å². The SMILES string of the molecule is CCCc1ccc([N+](=O)[O-])c(C#N)c1OC. The van der Waals surface area contributed by atoms with E-state index in [1.165, 1.54) is 13.2 Å². The summed E-state index contributed by atoms with van der Waals surface area (Å²) >= 11 is 0. The fraction of sp³-hybridized carbons (Fsp3) is 0.364. The Kier molecular flexibility index (Phi) is 3.84. The molecule has 0 heterocycles. The predicted molar refractivity (Wildman–Crippen MR) is 58.4 cm³/mol. The quantitative estimate of drug-likeness (QED) is 0.576. The van der Waals surface area contributed by atoms with Gasteiger partial charge in [-0.05, 0) is 18.1 Å². The molecule has 16 heavy (non-hydrogen) atoms. The molecule has 1 rings (SSSR count). The molecule has 5 heteroatoms. The number of hydrogen-bond donors (Lipinski definition) is 0. The number of nitro benzene ring substituents is 1. The number of hydrogen-bond acceptors (Lipinski definition) is 4. The normalized spacial score (nSPS) is 9.56. The van der Waals surface area contributed by atoms with Gasteiger partial charge in [0.05, 0.1) is 12.0 Å². The highest BCUT2D eigenvalue weighted by Crippen LogP contribution is 2.31. The second-order valence-electron chi connectivity index (χ2n) is 3.27. The van der Waals surface area contributed by atoms with Crippen LogP contribution in [0.1, 0.15) is 24.5 Å². The zero-order valence-electron chi connectivity index (χ0n) is 9.19. The van der Waals surface area contributed by atoms with E-state index in [0.29, 0.717) is 5.75 Å². The Bertz CT molecular complexity index is 449. The summed E-state index contributed by atoms with van der Waals surface area (Å²) in [6.07, 6.45) is 1.62. The third-order valence-corrected chi connectivity index (χ3v) is 2.25. The van der Waals surface area contributed by atoms with Crippen molar-refractivity contribution in [3.8, 4) is 11.8 Å². The summed E-state index contributed by atoms with van der Waals surface area (Å²) < 4.78 is 5.08. The van der Waals surface area contributed by atoms with Crippen molar-refractivity contribution in [1.82, 2.24) is 0 Å². The molecule has 0 aliphatic carbocycles. The van der Waals surface area contributed by atoms with Gasteiger partial charge in [-0.3, -0.25) is 10.1 Å². The van der Waals surface area contributed by atoms with Crippen LogP contribution in [0, 0.1) is 21.4 Å². The summed E-state index contributed by atoms with van der Waals surface area (Å²) in [5.41, 5.74) is 0.616. The van der Waals surface area contributed by atoms with E-state index in [2.05, 4.69) is 0 Å². The van der Waals surface area contributed by atoms with Crippen molar-refractivity contribution in [2.45, 2.75) is 19.8 Å². The van der Waals surface area contributed by atoms with Gasteiger partial charge in [0.15, 0.2) is 5.56 Å². The van der Waals surface area contributed by atoms with E-state index in [4.69, 9.17) is 10.00 Å². The summed E-state index contributed by atoms with van der Waals surface area (Å²) in [6.45, 7) is 1.99. The van der Waals surface area contributed by atoms with Crippen LogP contribution >= 0.6 is 0 Å². The van der Waals surface area contributed by atoms with E-state index in [-0.39, 0.29) is 11.3 Å². The van der Waals surface area contributed by atoms with E-state index in [1.54, 1.807) is 6.07 Å². The molecule has 0 aliphatic rings. The Morgan fingerprint density at radius 1 is 1.56 bits per heavy atom. The lowest BCUT2D eigenvalue weighted by Crippen LogP contribution is -2.00. The fourth-order valence-electron chi connectivity index (χ4n) is 1.57. The Balaban J connectivity index is 3.41. The van der Waals surface area contributed by atoms with E-state index in [0.717, 1.165) is 18.4 Å². The molecular weight excluding hydrogens is 208 g/mol. The molecule has 0 spiro atoms. The fourth-order valence-corrected chi connectivity index (χ4v) is 1.57. The lowest BCUT2D eigenvalue weighted by molar-refractivity contribution is -0.385. The Labute approximate surface area is 93.4 Å². The van der Waals surface area contributed by atoms with Crippen LogP contribution in [0.25, 0.3) is 0 Å². The second kappa shape index (κ2) is 5.12. The van der Waals surface area contributed by atoms with Gasteiger partial charge in [-0.1, -0.05) is 13.3 Å². The van der Waals surface area contributed by atoms with Gasteiger partial charge in [0.25, 0.3) is 5.69 Å².